The first-order valence-corrected chi connectivity index (χ1v) is 10.8. The highest BCUT2D eigenvalue weighted by molar-refractivity contribution is 14.0. The van der Waals surface area contributed by atoms with Gasteiger partial charge >= 0.3 is 0 Å². The molecule has 1 aliphatic heterocycles. The number of benzene rings is 1. The van der Waals surface area contributed by atoms with Crippen molar-refractivity contribution in [1.82, 2.24) is 15.1 Å². The minimum Gasteiger partial charge on any atom is -0.376 e. The molecule has 0 aromatic heterocycles. The number of hydrogen-bond acceptors (Lipinski definition) is 4. The Morgan fingerprint density at radius 2 is 2.11 bits per heavy atom. The van der Waals surface area contributed by atoms with Crippen LogP contribution in [-0.4, -0.2) is 80.6 Å². The van der Waals surface area contributed by atoms with Gasteiger partial charge in [-0.3, -0.25) is 4.79 Å². The third-order valence-electron chi connectivity index (χ3n) is 4.50. The number of rotatable bonds is 9. The Labute approximate surface area is 190 Å². The Morgan fingerprint density at radius 3 is 2.79 bits per heavy atom. The normalized spacial score (nSPS) is 16.6. The number of ether oxygens (including phenoxy) is 1. The number of guanidine groups is 1. The van der Waals surface area contributed by atoms with E-state index in [0.29, 0.717) is 12.5 Å². The van der Waals surface area contributed by atoms with Crippen molar-refractivity contribution < 1.29 is 9.53 Å². The second kappa shape index (κ2) is 14.1. The molecule has 1 aromatic carbocycles. The SMILES string of the molecule is CSCCNC(=NCC(=O)N(C)C)N1CCC(COCc2ccccc2)C1.I. The molecule has 0 spiro atoms. The number of nitrogens with one attached hydrogen (secondary N) is 1. The summed E-state index contributed by atoms with van der Waals surface area (Å²) in [6, 6.07) is 10.3. The summed E-state index contributed by atoms with van der Waals surface area (Å²) in [5.41, 5.74) is 1.20. The number of carbonyl (C=O) groups excluding carboxylic acids is 1. The zero-order chi connectivity index (χ0) is 19.5. The summed E-state index contributed by atoms with van der Waals surface area (Å²) in [5, 5.41) is 3.40. The fourth-order valence-corrected chi connectivity index (χ4v) is 3.20. The van der Waals surface area contributed by atoms with Gasteiger partial charge in [-0.1, -0.05) is 30.3 Å². The number of aliphatic imine (C=N–C) groups is 1. The van der Waals surface area contributed by atoms with Crippen LogP contribution < -0.4 is 5.32 Å². The lowest BCUT2D eigenvalue weighted by molar-refractivity contribution is -0.127. The van der Waals surface area contributed by atoms with E-state index in [9.17, 15) is 4.79 Å². The molecular weight excluding hydrogens is 487 g/mol. The van der Waals surface area contributed by atoms with Crippen LogP contribution in [-0.2, 0) is 16.1 Å². The smallest absolute Gasteiger partial charge is 0.243 e. The summed E-state index contributed by atoms with van der Waals surface area (Å²) >= 11 is 1.79. The predicted molar refractivity (Wildman–Crippen MR) is 129 cm³/mol. The highest BCUT2D eigenvalue weighted by Gasteiger charge is 2.25. The molecule has 1 amide bonds. The minimum absolute atomic E-state index is 0. The van der Waals surface area contributed by atoms with Crippen molar-refractivity contribution in [2.45, 2.75) is 13.0 Å². The molecule has 0 saturated carbocycles. The fraction of sp³-hybridized carbons (Fsp3) is 0.600. The number of halogens is 1. The summed E-state index contributed by atoms with van der Waals surface area (Å²) < 4.78 is 5.91. The lowest BCUT2D eigenvalue weighted by atomic mass is 10.1. The first-order valence-electron chi connectivity index (χ1n) is 9.44. The van der Waals surface area contributed by atoms with Gasteiger partial charge in [0.1, 0.15) is 6.54 Å². The van der Waals surface area contributed by atoms with Crippen molar-refractivity contribution in [3.8, 4) is 0 Å². The van der Waals surface area contributed by atoms with Crippen LogP contribution >= 0.6 is 35.7 Å². The molecule has 28 heavy (non-hydrogen) atoms. The van der Waals surface area contributed by atoms with E-state index in [1.54, 1.807) is 30.8 Å². The standard InChI is InChI=1S/C20H32N4O2S.HI/c1-23(2)19(25)13-22-20(21-10-12-27-3)24-11-9-18(14-24)16-26-15-17-7-5-4-6-8-17;/h4-8,18H,9-16H2,1-3H3,(H,21,22);1H. The first-order chi connectivity index (χ1) is 13.1. The van der Waals surface area contributed by atoms with Crippen molar-refractivity contribution in [1.29, 1.82) is 0 Å². The van der Waals surface area contributed by atoms with Gasteiger partial charge in [-0.15, -0.1) is 24.0 Å². The molecule has 1 N–H and O–H groups in total. The molecule has 1 aromatic rings. The van der Waals surface area contributed by atoms with Crippen molar-refractivity contribution in [2.75, 3.05) is 58.9 Å². The van der Waals surface area contributed by atoms with Gasteiger partial charge in [-0.05, 0) is 18.2 Å². The summed E-state index contributed by atoms with van der Waals surface area (Å²) in [6.07, 6.45) is 3.17. The maximum absolute atomic E-state index is 11.9. The first kappa shape index (κ1) is 25.0. The molecule has 1 fully saturated rings. The molecule has 1 saturated heterocycles. The Morgan fingerprint density at radius 1 is 1.36 bits per heavy atom. The molecule has 1 unspecified atom stereocenters. The zero-order valence-corrected chi connectivity index (χ0v) is 20.2. The van der Waals surface area contributed by atoms with Gasteiger partial charge in [0.2, 0.25) is 5.91 Å². The summed E-state index contributed by atoms with van der Waals surface area (Å²) in [6.45, 7) is 4.29. The molecular formula is C20H33IN4O2S. The second-order valence-electron chi connectivity index (χ2n) is 6.95. The molecule has 1 aliphatic rings. The maximum Gasteiger partial charge on any atom is 0.243 e. The number of hydrogen-bond donors (Lipinski definition) is 1. The molecule has 1 atom stereocenters. The number of likely N-dealkylation sites (N-methyl/N-ethyl adjacent to an activating group) is 1. The zero-order valence-electron chi connectivity index (χ0n) is 17.1. The van der Waals surface area contributed by atoms with Gasteiger partial charge in [0.05, 0.1) is 13.2 Å². The van der Waals surface area contributed by atoms with Crippen molar-refractivity contribution >= 4 is 47.6 Å². The number of amides is 1. The Kier molecular flexibility index (Phi) is 12.6. The number of likely N-dealkylation sites (tertiary alicyclic amines) is 1. The predicted octanol–water partition coefficient (Wildman–Crippen LogP) is 2.54. The fourth-order valence-electron chi connectivity index (χ4n) is 2.90. The van der Waals surface area contributed by atoms with Gasteiger partial charge in [0.25, 0.3) is 0 Å². The third-order valence-corrected chi connectivity index (χ3v) is 5.12. The Balaban J connectivity index is 0.00000392. The molecule has 1 heterocycles. The van der Waals surface area contributed by atoms with Crippen LogP contribution in [0.3, 0.4) is 0 Å². The molecule has 8 heteroatoms. The Bertz CT molecular complexity index is 601. The van der Waals surface area contributed by atoms with Crippen LogP contribution in [0.5, 0.6) is 0 Å². The lowest BCUT2D eigenvalue weighted by Crippen LogP contribution is -2.42. The van der Waals surface area contributed by atoms with Crippen LogP contribution in [0.4, 0.5) is 0 Å². The quantitative estimate of drug-likeness (QED) is 0.235. The van der Waals surface area contributed by atoms with Gasteiger partial charge < -0.3 is 19.9 Å². The van der Waals surface area contributed by atoms with Gasteiger partial charge in [-0.25, -0.2) is 4.99 Å². The average Bonchev–Trinajstić information content (AvgIpc) is 3.13. The highest BCUT2D eigenvalue weighted by Crippen LogP contribution is 2.17. The monoisotopic (exact) mass is 520 g/mol. The van der Waals surface area contributed by atoms with E-state index in [1.807, 2.05) is 18.2 Å². The summed E-state index contributed by atoms with van der Waals surface area (Å²) in [7, 11) is 3.52. The molecule has 6 nitrogen and oxygen atoms in total. The minimum atomic E-state index is 0. The topological polar surface area (TPSA) is 57.2 Å². The van der Waals surface area contributed by atoms with E-state index in [0.717, 1.165) is 44.4 Å². The largest absolute Gasteiger partial charge is 0.376 e. The van der Waals surface area contributed by atoms with Crippen molar-refractivity contribution in [2.24, 2.45) is 10.9 Å². The van der Waals surface area contributed by atoms with E-state index in [1.165, 1.54) is 5.56 Å². The number of nitrogens with zero attached hydrogens (tertiary/aromatic N) is 3. The highest BCUT2D eigenvalue weighted by atomic mass is 127. The summed E-state index contributed by atoms with van der Waals surface area (Å²) in [5.74, 6) is 2.36. The number of carbonyl (C=O) groups is 1. The maximum atomic E-state index is 11.9. The van der Waals surface area contributed by atoms with Crippen LogP contribution in [0.15, 0.2) is 35.3 Å². The van der Waals surface area contributed by atoms with Crippen LogP contribution in [0, 0.1) is 5.92 Å². The van der Waals surface area contributed by atoms with Crippen molar-refractivity contribution in [3.63, 3.8) is 0 Å². The molecule has 0 bridgehead atoms. The van der Waals surface area contributed by atoms with E-state index >= 15 is 0 Å². The van der Waals surface area contributed by atoms with E-state index in [2.05, 4.69) is 33.6 Å². The average molecular weight is 520 g/mol. The molecule has 0 aliphatic carbocycles. The van der Waals surface area contributed by atoms with Gasteiger partial charge in [-0.2, -0.15) is 11.8 Å². The summed E-state index contributed by atoms with van der Waals surface area (Å²) in [4.78, 5) is 20.3. The molecule has 2 rings (SSSR count). The van der Waals surface area contributed by atoms with Crippen LogP contribution in [0.2, 0.25) is 0 Å². The lowest BCUT2D eigenvalue weighted by Gasteiger charge is -2.22. The second-order valence-corrected chi connectivity index (χ2v) is 7.93. The van der Waals surface area contributed by atoms with Gasteiger partial charge in [0.15, 0.2) is 5.96 Å². The van der Waals surface area contributed by atoms with E-state index in [4.69, 9.17) is 4.74 Å². The molecule has 158 valence electrons. The third kappa shape index (κ3) is 9.00. The molecule has 0 radical (unpaired) electrons. The number of thioether (sulfide) groups is 1. The van der Waals surface area contributed by atoms with Crippen molar-refractivity contribution in [3.05, 3.63) is 35.9 Å². The van der Waals surface area contributed by atoms with Crippen LogP contribution in [0.1, 0.15) is 12.0 Å². The Hall–Kier alpha value is -1.000. The van der Waals surface area contributed by atoms with E-state index in [-0.39, 0.29) is 36.4 Å². The van der Waals surface area contributed by atoms with Gasteiger partial charge in [0, 0.05) is 45.4 Å². The van der Waals surface area contributed by atoms with E-state index < -0.39 is 0 Å². The van der Waals surface area contributed by atoms with Crippen LogP contribution in [0.25, 0.3) is 0 Å².